The Kier molecular flexibility index (Phi) is 3.17. The first-order chi connectivity index (χ1) is 9.33. The highest BCUT2D eigenvalue weighted by Crippen LogP contribution is 2.37. The van der Waals surface area contributed by atoms with Gasteiger partial charge in [0, 0.05) is 32.1 Å². The highest BCUT2D eigenvalue weighted by molar-refractivity contribution is 5.84. The van der Waals surface area contributed by atoms with Gasteiger partial charge in [-0.15, -0.1) is 0 Å². The second kappa shape index (κ2) is 4.63. The molecule has 1 aliphatic carbocycles. The highest BCUT2D eigenvalue weighted by atomic mass is 19.4. The third-order valence-corrected chi connectivity index (χ3v) is 4.40. The van der Waals surface area contributed by atoms with E-state index in [0.717, 1.165) is 19.4 Å². The number of hydrogen-bond acceptors (Lipinski definition) is 2. The van der Waals surface area contributed by atoms with E-state index in [1.165, 1.54) is 4.90 Å². The molecule has 0 aromatic carbocycles. The molecule has 2 saturated heterocycles. The van der Waals surface area contributed by atoms with Gasteiger partial charge in [-0.3, -0.25) is 9.59 Å². The molecule has 3 aliphatic rings. The first-order valence-electron chi connectivity index (χ1n) is 6.97. The number of nitrogens with zero attached hydrogens (tertiary/aromatic N) is 2. The van der Waals surface area contributed by atoms with E-state index in [4.69, 9.17) is 0 Å². The molecule has 0 radical (unpaired) electrons. The minimum atomic E-state index is -4.48. The molecule has 2 atom stereocenters. The molecule has 2 aliphatic heterocycles. The van der Waals surface area contributed by atoms with Gasteiger partial charge in [0.15, 0.2) is 0 Å². The van der Waals surface area contributed by atoms with Crippen LogP contribution in [0.1, 0.15) is 19.3 Å². The first kappa shape index (κ1) is 13.7. The van der Waals surface area contributed by atoms with Crippen LogP contribution in [0.2, 0.25) is 0 Å². The molecule has 4 nitrogen and oxygen atoms in total. The summed E-state index contributed by atoms with van der Waals surface area (Å²) in [5, 5.41) is 0. The predicted molar refractivity (Wildman–Crippen MR) is 63.5 cm³/mol. The van der Waals surface area contributed by atoms with Crippen molar-refractivity contribution in [2.45, 2.75) is 25.4 Å². The van der Waals surface area contributed by atoms with E-state index < -0.39 is 18.5 Å². The van der Waals surface area contributed by atoms with Gasteiger partial charge in [0.05, 0.1) is 5.92 Å². The normalized spacial score (nSPS) is 30.1. The van der Waals surface area contributed by atoms with E-state index in [1.807, 2.05) is 4.90 Å². The Labute approximate surface area is 114 Å². The summed E-state index contributed by atoms with van der Waals surface area (Å²) in [6.07, 6.45) is -3.58. The van der Waals surface area contributed by atoms with Gasteiger partial charge < -0.3 is 9.80 Å². The molecule has 7 heteroatoms. The second-order valence-electron chi connectivity index (χ2n) is 6.14. The molecular weight excluding hydrogens is 273 g/mol. The predicted octanol–water partition coefficient (Wildman–Crippen LogP) is 1.27. The van der Waals surface area contributed by atoms with E-state index >= 15 is 0 Å². The van der Waals surface area contributed by atoms with Crippen molar-refractivity contribution in [3.05, 3.63) is 0 Å². The Hall–Kier alpha value is -1.27. The Morgan fingerprint density at radius 2 is 1.90 bits per heavy atom. The van der Waals surface area contributed by atoms with E-state index in [1.54, 1.807) is 0 Å². The lowest BCUT2D eigenvalue weighted by Gasteiger charge is -2.22. The Morgan fingerprint density at radius 1 is 1.20 bits per heavy atom. The number of alkyl halides is 3. The fraction of sp³-hybridized carbons (Fsp3) is 0.846. The maximum Gasteiger partial charge on any atom is 0.397 e. The molecule has 0 bridgehead atoms. The van der Waals surface area contributed by atoms with Crippen molar-refractivity contribution >= 4 is 11.8 Å². The summed E-state index contributed by atoms with van der Waals surface area (Å²) in [4.78, 5) is 26.8. The first-order valence-corrected chi connectivity index (χ1v) is 6.97. The maximum atomic E-state index is 12.2. The van der Waals surface area contributed by atoms with Crippen LogP contribution in [0, 0.1) is 17.8 Å². The maximum absolute atomic E-state index is 12.2. The van der Waals surface area contributed by atoms with Crippen LogP contribution in [0.25, 0.3) is 0 Å². The Bertz CT molecular complexity index is 434. The number of carbonyl (C=O) groups excluding carboxylic acids is 2. The van der Waals surface area contributed by atoms with E-state index in [9.17, 15) is 22.8 Å². The Morgan fingerprint density at radius 3 is 2.45 bits per heavy atom. The van der Waals surface area contributed by atoms with Gasteiger partial charge in [-0.2, -0.15) is 13.2 Å². The number of fused-ring (bicyclic) bond motifs is 1. The lowest BCUT2D eigenvalue weighted by Crippen LogP contribution is -2.37. The van der Waals surface area contributed by atoms with Crippen LogP contribution in [0.4, 0.5) is 13.2 Å². The molecule has 2 amide bonds. The quantitative estimate of drug-likeness (QED) is 0.785. The molecule has 0 N–H and O–H groups in total. The van der Waals surface area contributed by atoms with Crippen LogP contribution in [0.5, 0.6) is 0 Å². The second-order valence-corrected chi connectivity index (χ2v) is 6.14. The number of halogens is 3. The van der Waals surface area contributed by atoms with Gasteiger partial charge in [0.25, 0.3) is 0 Å². The van der Waals surface area contributed by atoms with Crippen LogP contribution in [0.3, 0.4) is 0 Å². The van der Waals surface area contributed by atoms with Gasteiger partial charge in [-0.25, -0.2) is 0 Å². The minimum absolute atomic E-state index is 0.0124. The zero-order valence-electron chi connectivity index (χ0n) is 11.0. The molecular formula is C13H17F3N2O2. The number of rotatable bonds is 3. The van der Waals surface area contributed by atoms with Crippen LogP contribution < -0.4 is 0 Å². The topological polar surface area (TPSA) is 40.6 Å². The van der Waals surface area contributed by atoms with Crippen molar-refractivity contribution in [3.63, 3.8) is 0 Å². The average Bonchev–Trinajstić information content (AvgIpc) is 2.95. The zero-order chi connectivity index (χ0) is 14.5. The van der Waals surface area contributed by atoms with E-state index in [0.29, 0.717) is 12.5 Å². The molecule has 0 unspecified atom stereocenters. The molecule has 3 rings (SSSR count). The fourth-order valence-electron chi connectivity index (χ4n) is 3.21. The average molecular weight is 290 g/mol. The number of carbonyl (C=O) groups is 2. The summed E-state index contributed by atoms with van der Waals surface area (Å²) >= 11 is 0. The lowest BCUT2D eigenvalue weighted by atomic mass is 10.0. The van der Waals surface area contributed by atoms with E-state index in [-0.39, 0.29) is 30.8 Å². The van der Waals surface area contributed by atoms with Crippen molar-refractivity contribution in [3.8, 4) is 0 Å². The third kappa shape index (κ3) is 2.76. The molecule has 0 aromatic rings. The van der Waals surface area contributed by atoms with Crippen molar-refractivity contribution in [2.75, 3.05) is 26.2 Å². The summed E-state index contributed by atoms with van der Waals surface area (Å²) in [6.45, 7) is 1.81. The number of amides is 2. The summed E-state index contributed by atoms with van der Waals surface area (Å²) in [5.41, 5.74) is 0. The zero-order valence-corrected chi connectivity index (χ0v) is 11.0. The van der Waals surface area contributed by atoms with Crippen molar-refractivity contribution < 1.29 is 22.8 Å². The lowest BCUT2D eigenvalue weighted by molar-refractivity contribution is -0.160. The summed E-state index contributed by atoms with van der Waals surface area (Å²) in [7, 11) is 0. The van der Waals surface area contributed by atoms with Crippen LogP contribution in [-0.2, 0) is 9.59 Å². The molecule has 0 aromatic heterocycles. The minimum Gasteiger partial charge on any atom is -0.342 e. The SMILES string of the molecule is O=C(CC(F)(F)F)N1C[C@H]2CN(CC3CC3)C(=O)[C@H]2C1. The molecule has 1 saturated carbocycles. The number of likely N-dealkylation sites (tertiary alicyclic amines) is 2. The monoisotopic (exact) mass is 290 g/mol. The van der Waals surface area contributed by atoms with Crippen molar-refractivity contribution in [2.24, 2.45) is 17.8 Å². The summed E-state index contributed by atoms with van der Waals surface area (Å²) in [5.74, 6) is -0.553. The van der Waals surface area contributed by atoms with Crippen molar-refractivity contribution in [1.82, 2.24) is 9.80 Å². The van der Waals surface area contributed by atoms with Crippen LogP contribution in [0.15, 0.2) is 0 Å². The van der Waals surface area contributed by atoms with Gasteiger partial charge >= 0.3 is 6.18 Å². The molecule has 112 valence electrons. The van der Waals surface area contributed by atoms with Crippen molar-refractivity contribution in [1.29, 1.82) is 0 Å². The fourth-order valence-corrected chi connectivity index (χ4v) is 3.21. The van der Waals surface area contributed by atoms with E-state index in [2.05, 4.69) is 0 Å². The number of hydrogen-bond donors (Lipinski definition) is 0. The van der Waals surface area contributed by atoms with Gasteiger partial charge in [-0.05, 0) is 18.8 Å². The molecule has 0 spiro atoms. The molecule has 2 heterocycles. The Balaban J connectivity index is 1.56. The standard InChI is InChI=1S/C13H17F3N2O2/c14-13(15,16)3-11(19)17-5-9-6-18(4-8-1-2-8)12(20)10(9)7-17/h8-10H,1-7H2/t9-,10-/m0/s1. The smallest absolute Gasteiger partial charge is 0.342 e. The molecule has 20 heavy (non-hydrogen) atoms. The van der Waals surface area contributed by atoms with Crippen LogP contribution in [-0.4, -0.2) is 54.0 Å². The van der Waals surface area contributed by atoms with Gasteiger partial charge in [0.1, 0.15) is 6.42 Å². The van der Waals surface area contributed by atoms with Gasteiger partial charge in [0.2, 0.25) is 11.8 Å². The summed E-state index contributed by atoms with van der Waals surface area (Å²) < 4.78 is 36.6. The van der Waals surface area contributed by atoms with Gasteiger partial charge in [-0.1, -0.05) is 0 Å². The summed E-state index contributed by atoms with van der Waals surface area (Å²) in [6, 6.07) is 0. The van der Waals surface area contributed by atoms with Crippen LogP contribution >= 0.6 is 0 Å². The largest absolute Gasteiger partial charge is 0.397 e. The highest BCUT2D eigenvalue weighted by Gasteiger charge is 2.49. The molecule has 3 fully saturated rings. The third-order valence-electron chi connectivity index (χ3n) is 4.40.